The molecule has 3 amide bonds. The zero-order valence-electron chi connectivity index (χ0n) is 17.7. The number of carbonyl (C=O) groups is 3. The summed E-state index contributed by atoms with van der Waals surface area (Å²) in [6, 6.07) is 5.35. The fourth-order valence-electron chi connectivity index (χ4n) is 3.73. The van der Waals surface area contributed by atoms with Crippen LogP contribution >= 0.6 is 0 Å². The third-order valence-corrected chi connectivity index (χ3v) is 5.45. The maximum atomic E-state index is 13.1. The molecule has 0 aromatic heterocycles. The Bertz CT molecular complexity index is 684. The Morgan fingerprint density at radius 2 is 1.37 bits per heavy atom. The highest BCUT2D eigenvalue weighted by molar-refractivity contribution is 5.95. The number of hydrogen-bond acceptors (Lipinski definition) is 3. The highest BCUT2D eigenvalue weighted by Gasteiger charge is 2.14. The Balaban J connectivity index is 1.67. The minimum absolute atomic E-state index is 0.0258. The van der Waals surface area contributed by atoms with Crippen molar-refractivity contribution in [3.63, 3.8) is 0 Å². The second kappa shape index (κ2) is 13.7. The maximum absolute atomic E-state index is 13.1. The van der Waals surface area contributed by atoms with Crippen LogP contribution in [0, 0.1) is 5.82 Å². The van der Waals surface area contributed by atoms with Crippen molar-refractivity contribution >= 4 is 17.7 Å². The van der Waals surface area contributed by atoms with Crippen LogP contribution < -0.4 is 16.2 Å². The molecule has 0 aliphatic heterocycles. The second-order valence-electron chi connectivity index (χ2n) is 8.04. The molecule has 0 heterocycles. The Morgan fingerprint density at radius 3 is 1.97 bits per heavy atom. The molecule has 0 saturated heterocycles. The molecule has 2 rings (SSSR count). The van der Waals surface area contributed by atoms with Gasteiger partial charge in [-0.2, -0.15) is 0 Å². The number of rotatable bonds is 5. The average molecular weight is 420 g/mol. The van der Waals surface area contributed by atoms with Crippen molar-refractivity contribution < 1.29 is 18.8 Å². The van der Waals surface area contributed by atoms with E-state index >= 15 is 0 Å². The summed E-state index contributed by atoms with van der Waals surface area (Å²) in [5.41, 5.74) is 4.61. The Morgan fingerprint density at radius 1 is 0.800 bits per heavy atom. The molecular weight excluding hydrogens is 385 g/mol. The molecule has 1 fully saturated rings. The topological polar surface area (TPSA) is 87.3 Å². The molecule has 1 aromatic rings. The van der Waals surface area contributed by atoms with Crippen LogP contribution in [0.2, 0.25) is 0 Å². The molecule has 1 aliphatic rings. The van der Waals surface area contributed by atoms with Gasteiger partial charge in [0.05, 0.1) is 0 Å². The third kappa shape index (κ3) is 9.85. The smallest absolute Gasteiger partial charge is 0.269 e. The van der Waals surface area contributed by atoms with E-state index in [9.17, 15) is 18.8 Å². The minimum Gasteiger partial charge on any atom is -0.353 e. The summed E-state index contributed by atoms with van der Waals surface area (Å²) in [5, 5.41) is 3.08. The maximum Gasteiger partial charge on any atom is 0.269 e. The first-order chi connectivity index (χ1) is 14.5. The lowest BCUT2D eigenvalue weighted by molar-refractivity contribution is -0.127. The molecule has 7 heteroatoms. The zero-order chi connectivity index (χ0) is 21.6. The highest BCUT2D eigenvalue weighted by atomic mass is 19.1. The number of benzene rings is 1. The van der Waals surface area contributed by atoms with Crippen LogP contribution in [0.1, 0.15) is 93.8 Å². The summed E-state index contributed by atoms with van der Waals surface area (Å²) in [4.78, 5) is 36.1. The average Bonchev–Trinajstić information content (AvgIpc) is 2.72. The standard InChI is InChI=1S/C23H34FN3O3/c24-19-12-10-11-18(17-19)23(30)27-26-22(29)16-15-21(28)25-20-13-8-6-4-2-1-3-5-7-9-14-20/h10-12,17,20H,1-9,13-16H2,(H,25,28)(H,26,29)(H,27,30). The van der Waals surface area contributed by atoms with Crippen molar-refractivity contribution in [3.05, 3.63) is 35.6 Å². The lowest BCUT2D eigenvalue weighted by Gasteiger charge is -2.19. The SMILES string of the molecule is O=C(CCC(=O)NC1CCCCCCCCCCC1)NNC(=O)c1cccc(F)c1. The number of nitrogens with one attached hydrogen (secondary N) is 3. The van der Waals surface area contributed by atoms with Crippen LogP contribution in [-0.4, -0.2) is 23.8 Å². The molecule has 0 radical (unpaired) electrons. The molecule has 0 unspecified atom stereocenters. The normalized spacial score (nSPS) is 16.6. The van der Waals surface area contributed by atoms with E-state index in [1.165, 1.54) is 63.1 Å². The molecule has 1 saturated carbocycles. The van der Waals surface area contributed by atoms with Crippen molar-refractivity contribution in [3.8, 4) is 0 Å². The van der Waals surface area contributed by atoms with Gasteiger partial charge in [-0.05, 0) is 31.0 Å². The van der Waals surface area contributed by atoms with Gasteiger partial charge in [0, 0.05) is 24.4 Å². The van der Waals surface area contributed by atoms with Gasteiger partial charge in [0.25, 0.3) is 5.91 Å². The van der Waals surface area contributed by atoms with E-state index in [-0.39, 0.29) is 30.4 Å². The van der Waals surface area contributed by atoms with E-state index in [2.05, 4.69) is 16.2 Å². The Kier molecular flexibility index (Phi) is 10.9. The van der Waals surface area contributed by atoms with Crippen molar-refractivity contribution in [2.75, 3.05) is 0 Å². The van der Waals surface area contributed by atoms with Gasteiger partial charge in [-0.25, -0.2) is 4.39 Å². The van der Waals surface area contributed by atoms with Gasteiger partial charge in [-0.1, -0.05) is 63.9 Å². The van der Waals surface area contributed by atoms with Crippen LogP contribution in [0.3, 0.4) is 0 Å². The summed E-state index contributed by atoms with van der Waals surface area (Å²) in [5.74, 6) is -1.75. The molecule has 0 bridgehead atoms. The summed E-state index contributed by atoms with van der Waals surface area (Å²) in [7, 11) is 0. The molecule has 30 heavy (non-hydrogen) atoms. The predicted octanol–water partition coefficient (Wildman–Crippen LogP) is 4.16. The van der Waals surface area contributed by atoms with E-state index in [4.69, 9.17) is 0 Å². The highest BCUT2D eigenvalue weighted by Crippen LogP contribution is 2.17. The molecule has 3 N–H and O–H groups in total. The van der Waals surface area contributed by atoms with Gasteiger partial charge in [0.1, 0.15) is 5.82 Å². The number of carbonyl (C=O) groups excluding carboxylic acids is 3. The van der Waals surface area contributed by atoms with E-state index in [0.717, 1.165) is 31.7 Å². The summed E-state index contributed by atoms with van der Waals surface area (Å²) in [6.07, 6.45) is 13.2. The monoisotopic (exact) mass is 419 g/mol. The molecule has 1 aliphatic carbocycles. The first-order valence-corrected chi connectivity index (χ1v) is 11.2. The van der Waals surface area contributed by atoms with Gasteiger partial charge < -0.3 is 5.32 Å². The summed E-state index contributed by atoms with van der Waals surface area (Å²) < 4.78 is 13.1. The van der Waals surface area contributed by atoms with Crippen LogP contribution in [0.15, 0.2) is 24.3 Å². The van der Waals surface area contributed by atoms with Crippen LogP contribution in [-0.2, 0) is 9.59 Å². The predicted molar refractivity (Wildman–Crippen MR) is 114 cm³/mol. The molecule has 6 nitrogen and oxygen atoms in total. The molecular formula is C23H34FN3O3. The van der Waals surface area contributed by atoms with E-state index in [1.54, 1.807) is 0 Å². The van der Waals surface area contributed by atoms with Crippen LogP contribution in [0.4, 0.5) is 4.39 Å². The summed E-state index contributed by atoms with van der Waals surface area (Å²) >= 11 is 0. The van der Waals surface area contributed by atoms with Crippen molar-refractivity contribution in [2.24, 2.45) is 0 Å². The second-order valence-corrected chi connectivity index (χ2v) is 8.04. The van der Waals surface area contributed by atoms with Gasteiger partial charge in [-0.15, -0.1) is 0 Å². The first-order valence-electron chi connectivity index (χ1n) is 11.2. The largest absolute Gasteiger partial charge is 0.353 e. The first kappa shape index (κ1) is 23.8. The molecule has 1 aromatic carbocycles. The van der Waals surface area contributed by atoms with Gasteiger partial charge in [0.2, 0.25) is 11.8 Å². The van der Waals surface area contributed by atoms with Crippen LogP contribution in [0.25, 0.3) is 0 Å². The molecule has 0 atom stereocenters. The van der Waals surface area contributed by atoms with E-state index in [1.807, 2.05) is 0 Å². The van der Waals surface area contributed by atoms with E-state index in [0.29, 0.717) is 0 Å². The van der Waals surface area contributed by atoms with Gasteiger partial charge in [0.15, 0.2) is 0 Å². The number of halogens is 1. The third-order valence-electron chi connectivity index (χ3n) is 5.45. The minimum atomic E-state index is -0.611. The Labute approximate surface area is 178 Å². The van der Waals surface area contributed by atoms with Gasteiger partial charge >= 0.3 is 0 Å². The Hall–Kier alpha value is -2.44. The van der Waals surface area contributed by atoms with Crippen molar-refractivity contribution in [2.45, 2.75) is 89.5 Å². The fourth-order valence-corrected chi connectivity index (χ4v) is 3.73. The van der Waals surface area contributed by atoms with Crippen molar-refractivity contribution in [1.29, 1.82) is 0 Å². The number of hydrogen-bond donors (Lipinski definition) is 3. The number of hydrazine groups is 1. The quantitative estimate of drug-likeness (QED) is 0.627. The summed E-state index contributed by atoms with van der Waals surface area (Å²) in [6.45, 7) is 0. The number of amides is 3. The van der Waals surface area contributed by atoms with Crippen LogP contribution in [0.5, 0.6) is 0 Å². The van der Waals surface area contributed by atoms with Crippen molar-refractivity contribution in [1.82, 2.24) is 16.2 Å². The van der Waals surface area contributed by atoms with E-state index < -0.39 is 17.6 Å². The lowest BCUT2D eigenvalue weighted by Crippen LogP contribution is -2.42. The van der Waals surface area contributed by atoms with Gasteiger partial charge in [-0.3, -0.25) is 25.2 Å². The molecule has 0 spiro atoms. The molecule has 166 valence electrons. The zero-order valence-corrected chi connectivity index (χ0v) is 17.7. The lowest BCUT2D eigenvalue weighted by atomic mass is 9.98. The fraction of sp³-hybridized carbons (Fsp3) is 0.609.